The summed E-state index contributed by atoms with van der Waals surface area (Å²) < 4.78 is 5.43. The van der Waals surface area contributed by atoms with Crippen LogP contribution in [0.4, 0.5) is 5.95 Å². The summed E-state index contributed by atoms with van der Waals surface area (Å²) in [6.07, 6.45) is 4.09. The molecule has 140 valence electrons. The summed E-state index contributed by atoms with van der Waals surface area (Å²) >= 11 is 12.1. The van der Waals surface area contributed by atoms with Gasteiger partial charge in [0.1, 0.15) is 0 Å². The van der Waals surface area contributed by atoms with Crippen molar-refractivity contribution < 1.29 is 9.53 Å². The van der Waals surface area contributed by atoms with Crippen molar-refractivity contribution in [2.75, 3.05) is 31.6 Å². The predicted molar refractivity (Wildman–Crippen MR) is 103 cm³/mol. The van der Waals surface area contributed by atoms with Gasteiger partial charge in [0, 0.05) is 19.8 Å². The van der Waals surface area contributed by atoms with Gasteiger partial charge in [0.25, 0.3) is 0 Å². The molecule has 2 N–H and O–H groups in total. The average Bonchev–Trinajstić information content (AvgIpc) is 3.23. The normalized spacial score (nSPS) is 22.2. The summed E-state index contributed by atoms with van der Waals surface area (Å²) in [5.74, 6) is 1.04. The fourth-order valence-corrected chi connectivity index (χ4v) is 4.19. The number of H-pyrrole nitrogens is 1. The van der Waals surface area contributed by atoms with Crippen LogP contribution in [0.1, 0.15) is 25.7 Å². The molecule has 2 fully saturated rings. The third-order valence-electron chi connectivity index (χ3n) is 5.27. The monoisotopic (exact) mass is 396 g/mol. The Morgan fingerprint density at radius 2 is 2.04 bits per heavy atom. The van der Waals surface area contributed by atoms with Gasteiger partial charge in [0.05, 0.1) is 27.1 Å². The number of carbonyl (C=O) groups is 1. The van der Waals surface area contributed by atoms with Crippen LogP contribution in [0.2, 0.25) is 10.0 Å². The van der Waals surface area contributed by atoms with E-state index in [2.05, 4.69) is 20.2 Å². The van der Waals surface area contributed by atoms with Crippen LogP contribution in [-0.2, 0) is 9.53 Å². The number of likely N-dealkylation sites (tertiary alicyclic amines) is 1. The van der Waals surface area contributed by atoms with Crippen LogP contribution in [0.3, 0.4) is 0 Å². The molecule has 2 aliphatic rings. The summed E-state index contributed by atoms with van der Waals surface area (Å²) in [6.45, 7) is 3.60. The van der Waals surface area contributed by atoms with Crippen LogP contribution in [0, 0.1) is 5.92 Å². The Morgan fingerprint density at radius 1 is 1.27 bits per heavy atom. The second kappa shape index (κ2) is 7.72. The number of fused-ring (bicyclic) bond motifs is 1. The number of nitrogens with zero attached hydrogens (tertiary/aromatic N) is 2. The molecule has 6 nitrogen and oxygen atoms in total. The van der Waals surface area contributed by atoms with Crippen molar-refractivity contribution in [2.45, 2.75) is 31.7 Å². The van der Waals surface area contributed by atoms with Gasteiger partial charge >= 0.3 is 0 Å². The highest BCUT2D eigenvalue weighted by Crippen LogP contribution is 2.28. The maximum absolute atomic E-state index is 12.8. The number of aromatic amines is 1. The van der Waals surface area contributed by atoms with E-state index < -0.39 is 0 Å². The smallest absolute Gasteiger partial charge is 0.244 e. The van der Waals surface area contributed by atoms with E-state index in [1.54, 1.807) is 12.1 Å². The van der Waals surface area contributed by atoms with Crippen molar-refractivity contribution in [2.24, 2.45) is 5.92 Å². The van der Waals surface area contributed by atoms with Gasteiger partial charge in [-0.05, 0) is 50.3 Å². The zero-order chi connectivity index (χ0) is 18.1. The number of rotatable bonds is 4. The lowest BCUT2D eigenvalue weighted by Crippen LogP contribution is -2.42. The minimum absolute atomic E-state index is 0.00851. The first kappa shape index (κ1) is 18.0. The Labute approximate surface area is 162 Å². The first-order chi connectivity index (χ1) is 12.6. The lowest BCUT2D eigenvalue weighted by atomic mass is 9.99. The number of hydrogen-bond donors (Lipinski definition) is 2. The molecule has 1 amide bonds. The molecule has 1 atom stereocenters. The minimum Gasteiger partial charge on any atom is -0.381 e. The molecule has 0 bridgehead atoms. The van der Waals surface area contributed by atoms with E-state index in [1.807, 2.05) is 0 Å². The highest BCUT2D eigenvalue weighted by molar-refractivity contribution is 6.42. The van der Waals surface area contributed by atoms with E-state index in [1.165, 1.54) is 0 Å². The van der Waals surface area contributed by atoms with Crippen molar-refractivity contribution in [3.63, 3.8) is 0 Å². The van der Waals surface area contributed by atoms with Crippen molar-refractivity contribution in [3.05, 3.63) is 22.2 Å². The molecule has 8 heteroatoms. The Kier molecular flexibility index (Phi) is 5.36. The van der Waals surface area contributed by atoms with Gasteiger partial charge < -0.3 is 9.72 Å². The molecule has 2 saturated heterocycles. The predicted octanol–water partition coefficient (Wildman–Crippen LogP) is 3.70. The van der Waals surface area contributed by atoms with Crippen molar-refractivity contribution >= 4 is 46.1 Å². The fraction of sp³-hybridized carbons (Fsp3) is 0.556. The number of ether oxygens (including phenoxy) is 1. The SMILES string of the molecule is O=C(Nc1nc2cc(Cl)c(Cl)cc2[nH]1)C1CCCN1CC1CCOCC1. The van der Waals surface area contributed by atoms with Crippen LogP contribution in [0.5, 0.6) is 0 Å². The molecule has 2 aromatic rings. The zero-order valence-corrected chi connectivity index (χ0v) is 15.9. The molecule has 0 aliphatic carbocycles. The van der Waals surface area contributed by atoms with Crippen molar-refractivity contribution in [1.82, 2.24) is 14.9 Å². The van der Waals surface area contributed by atoms with Crippen LogP contribution in [-0.4, -0.2) is 53.1 Å². The Hall–Kier alpha value is -1.34. The van der Waals surface area contributed by atoms with Crippen LogP contribution >= 0.6 is 23.2 Å². The van der Waals surface area contributed by atoms with Crippen LogP contribution in [0.25, 0.3) is 11.0 Å². The molecule has 4 rings (SSSR count). The Morgan fingerprint density at radius 3 is 2.85 bits per heavy atom. The van der Waals surface area contributed by atoms with Gasteiger partial charge in [0.2, 0.25) is 11.9 Å². The number of halogens is 2. The van der Waals surface area contributed by atoms with E-state index in [4.69, 9.17) is 27.9 Å². The topological polar surface area (TPSA) is 70.2 Å². The summed E-state index contributed by atoms with van der Waals surface area (Å²) in [6, 6.07) is 3.31. The molecule has 2 aliphatic heterocycles. The van der Waals surface area contributed by atoms with Gasteiger partial charge in [0.15, 0.2) is 0 Å². The third kappa shape index (κ3) is 3.83. The quantitative estimate of drug-likeness (QED) is 0.826. The number of anilines is 1. The number of hydrogen-bond acceptors (Lipinski definition) is 4. The summed E-state index contributed by atoms with van der Waals surface area (Å²) in [4.78, 5) is 22.6. The number of nitrogens with one attached hydrogen (secondary N) is 2. The highest BCUT2D eigenvalue weighted by atomic mass is 35.5. The Bertz CT molecular complexity index is 765. The molecule has 1 aromatic heterocycles. The van der Waals surface area contributed by atoms with Gasteiger partial charge in [-0.2, -0.15) is 0 Å². The molecule has 0 spiro atoms. The lowest BCUT2D eigenvalue weighted by molar-refractivity contribution is -0.120. The number of amides is 1. The van der Waals surface area contributed by atoms with Crippen molar-refractivity contribution in [1.29, 1.82) is 0 Å². The molecular weight excluding hydrogens is 375 g/mol. The molecule has 0 saturated carbocycles. The fourth-order valence-electron chi connectivity index (χ4n) is 3.87. The number of imidazole rings is 1. The summed E-state index contributed by atoms with van der Waals surface area (Å²) in [5.41, 5.74) is 1.43. The minimum atomic E-state index is -0.0989. The van der Waals surface area contributed by atoms with Gasteiger partial charge in [-0.1, -0.05) is 23.2 Å². The molecule has 26 heavy (non-hydrogen) atoms. The maximum atomic E-state index is 12.8. The number of carbonyl (C=O) groups excluding carboxylic acids is 1. The van der Waals surface area contributed by atoms with E-state index in [0.29, 0.717) is 27.4 Å². The molecule has 3 heterocycles. The van der Waals surface area contributed by atoms with Gasteiger partial charge in [-0.25, -0.2) is 4.98 Å². The average molecular weight is 397 g/mol. The highest BCUT2D eigenvalue weighted by Gasteiger charge is 2.32. The second-order valence-electron chi connectivity index (χ2n) is 7.07. The number of aromatic nitrogens is 2. The molecule has 0 radical (unpaired) electrons. The van der Waals surface area contributed by atoms with Gasteiger partial charge in [-0.3, -0.25) is 15.0 Å². The molecule has 1 unspecified atom stereocenters. The third-order valence-corrected chi connectivity index (χ3v) is 5.99. The second-order valence-corrected chi connectivity index (χ2v) is 7.88. The first-order valence-corrected chi connectivity index (χ1v) is 9.83. The zero-order valence-electron chi connectivity index (χ0n) is 14.4. The maximum Gasteiger partial charge on any atom is 0.244 e. The van der Waals surface area contributed by atoms with E-state index >= 15 is 0 Å². The van der Waals surface area contributed by atoms with Gasteiger partial charge in [-0.15, -0.1) is 0 Å². The largest absolute Gasteiger partial charge is 0.381 e. The van der Waals surface area contributed by atoms with E-state index in [9.17, 15) is 4.79 Å². The van der Waals surface area contributed by atoms with E-state index in [-0.39, 0.29) is 11.9 Å². The van der Waals surface area contributed by atoms with Crippen LogP contribution in [0.15, 0.2) is 12.1 Å². The number of benzene rings is 1. The summed E-state index contributed by atoms with van der Waals surface area (Å²) in [5, 5.41) is 3.83. The molecule has 1 aromatic carbocycles. The van der Waals surface area contributed by atoms with Crippen LogP contribution < -0.4 is 5.32 Å². The standard InChI is InChI=1S/C18H22Cl2N4O2/c19-12-8-14-15(9-13(12)20)22-18(21-14)23-17(25)16-2-1-5-24(16)10-11-3-6-26-7-4-11/h8-9,11,16H,1-7,10H2,(H2,21,22,23,25). The summed E-state index contributed by atoms with van der Waals surface area (Å²) in [7, 11) is 0. The van der Waals surface area contributed by atoms with Crippen molar-refractivity contribution in [3.8, 4) is 0 Å². The lowest BCUT2D eigenvalue weighted by Gasteiger charge is -2.30. The Balaban J connectivity index is 1.43. The van der Waals surface area contributed by atoms with E-state index in [0.717, 1.165) is 57.5 Å². The molecular formula is C18H22Cl2N4O2. The first-order valence-electron chi connectivity index (χ1n) is 9.07.